The summed E-state index contributed by atoms with van der Waals surface area (Å²) in [4.78, 5) is 6.96. The summed E-state index contributed by atoms with van der Waals surface area (Å²) in [5.74, 6) is -0.462. The molecule has 0 radical (unpaired) electrons. The molecule has 0 saturated heterocycles. The van der Waals surface area contributed by atoms with Crippen molar-refractivity contribution >= 4 is 22.9 Å². The molecule has 1 aromatic heterocycles. The number of hydrogen-bond acceptors (Lipinski definition) is 4. The number of aryl methyl sites for hydroxylation is 1. The van der Waals surface area contributed by atoms with Crippen molar-refractivity contribution in [1.82, 2.24) is 9.88 Å². The fraction of sp³-hybridized carbons (Fsp3) is 0.286. The lowest BCUT2D eigenvalue weighted by atomic mass is 10.1. The first kappa shape index (κ1) is 14.9. The largest absolute Gasteiger partial charge is 0.282 e. The van der Waals surface area contributed by atoms with Gasteiger partial charge < -0.3 is 0 Å². The number of nitriles is 1. The van der Waals surface area contributed by atoms with E-state index in [0.717, 1.165) is 9.88 Å². The molecule has 104 valence electrons. The Morgan fingerprint density at radius 1 is 1.55 bits per heavy atom. The van der Waals surface area contributed by atoms with Crippen LogP contribution in [0.4, 0.5) is 4.39 Å². The minimum atomic E-state index is -0.730. The molecule has 1 aromatic carbocycles. The van der Waals surface area contributed by atoms with Crippen LogP contribution in [0.5, 0.6) is 0 Å². The van der Waals surface area contributed by atoms with E-state index < -0.39 is 11.9 Å². The molecule has 1 heterocycles. The summed E-state index contributed by atoms with van der Waals surface area (Å²) in [5, 5.41) is 10.6. The lowest BCUT2D eigenvalue weighted by molar-refractivity contribution is 0.280. The first-order valence-electron chi connectivity index (χ1n) is 5.98. The number of benzene rings is 1. The molecule has 0 unspecified atom stereocenters. The molecule has 0 N–H and O–H groups in total. The van der Waals surface area contributed by atoms with Gasteiger partial charge >= 0.3 is 0 Å². The second-order valence-corrected chi connectivity index (χ2v) is 6.15. The molecular weight excluding hydrogens is 297 g/mol. The number of rotatable bonds is 4. The van der Waals surface area contributed by atoms with Gasteiger partial charge in [0.25, 0.3) is 0 Å². The van der Waals surface area contributed by atoms with Gasteiger partial charge in [-0.05, 0) is 26.1 Å². The predicted molar refractivity (Wildman–Crippen MR) is 78.1 cm³/mol. The molecule has 0 aliphatic rings. The third kappa shape index (κ3) is 3.15. The molecule has 3 nitrogen and oxygen atoms in total. The van der Waals surface area contributed by atoms with Crippen molar-refractivity contribution in [3.63, 3.8) is 0 Å². The lowest BCUT2D eigenvalue weighted by Crippen LogP contribution is -2.23. The van der Waals surface area contributed by atoms with Crippen LogP contribution in [-0.4, -0.2) is 16.9 Å². The topological polar surface area (TPSA) is 39.9 Å². The van der Waals surface area contributed by atoms with E-state index in [-0.39, 0.29) is 10.6 Å². The molecule has 0 saturated carbocycles. The van der Waals surface area contributed by atoms with Crippen molar-refractivity contribution in [2.45, 2.75) is 19.5 Å². The van der Waals surface area contributed by atoms with Gasteiger partial charge in [0.15, 0.2) is 0 Å². The van der Waals surface area contributed by atoms with E-state index in [1.807, 2.05) is 6.92 Å². The minimum absolute atomic E-state index is 0.223. The summed E-state index contributed by atoms with van der Waals surface area (Å²) in [6, 6.07) is 5.82. The Bertz CT molecular complexity index is 630. The van der Waals surface area contributed by atoms with Gasteiger partial charge in [-0.1, -0.05) is 17.7 Å². The molecule has 1 atom stereocenters. The number of aromatic nitrogens is 1. The molecule has 20 heavy (non-hydrogen) atoms. The highest BCUT2D eigenvalue weighted by atomic mass is 35.5. The van der Waals surface area contributed by atoms with Crippen LogP contribution in [0.2, 0.25) is 5.02 Å². The van der Waals surface area contributed by atoms with Gasteiger partial charge in [0.1, 0.15) is 11.9 Å². The number of nitrogens with zero attached hydrogens (tertiary/aromatic N) is 3. The zero-order chi connectivity index (χ0) is 14.7. The third-order valence-corrected chi connectivity index (χ3v) is 4.14. The predicted octanol–water partition coefficient (Wildman–Crippen LogP) is 3.94. The Morgan fingerprint density at radius 3 is 2.85 bits per heavy atom. The van der Waals surface area contributed by atoms with Crippen molar-refractivity contribution < 1.29 is 4.39 Å². The Morgan fingerprint density at radius 2 is 2.30 bits per heavy atom. The van der Waals surface area contributed by atoms with Crippen LogP contribution < -0.4 is 0 Å². The van der Waals surface area contributed by atoms with Crippen molar-refractivity contribution in [3.05, 3.63) is 50.7 Å². The van der Waals surface area contributed by atoms with Crippen molar-refractivity contribution in [2.24, 2.45) is 0 Å². The molecule has 0 aliphatic heterocycles. The fourth-order valence-electron chi connectivity index (χ4n) is 1.97. The first-order valence-corrected chi connectivity index (χ1v) is 7.17. The SMILES string of the molecule is Cc1ncc(CN(C)[C@@H](C#N)c2c(F)cccc2Cl)s1. The Balaban J connectivity index is 2.26. The van der Waals surface area contributed by atoms with Crippen molar-refractivity contribution in [3.8, 4) is 6.07 Å². The molecule has 6 heteroatoms. The van der Waals surface area contributed by atoms with E-state index >= 15 is 0 Å². The normalized spacial score (nSPS) is 12.4. The summed E-state index contributed by atoms with van der Waals surface area (Å²) in [6.45, 7) is 2.44. The minimum Gasteiger partial charge on any atom is -0.282 e. The molecular formula is C14H13ClFN3S. The second kappa shape index (κ2) is 6.31. The van der Waals surface area contributed by atoms with Crippen LogP contribution in [0.15, 0.2) is 24.4 Å². The second-order valence-electron chi connectivity index (χ2n) is 4.43. The average Bonchev–Trinajstić information content (AvgIpc) is 2.79. The Hall–Kier alpha value is -1.48. The summed E-state index contributed by atoms with van der Waals surface area (Å²) < 4.78 is 13.9. The van der Waals surface area contributed by atoms with E-state index in [4.69, 9.17) is 11.6 Å². The van der Waals surface area contributed by atoms with Crippen LogP contribution in [0.25, 0.3) is 0 Å². The van der Waals surface area contributed by atoms with Gasteiger partial charge in [0, 0.05) is 28.2 Å². The highest BCUT2D eigenvalue weighted by Crippen LogP contribution is 2.30. The van der Waals surface area contributed by atoms with Gasteiger partial charge in [-0.3, -0.25) is 4.90 Å². The molecule has 2 rings (SSSR count). The summed E-state index contributed by atoms with van der Waals surface area (Å²) in [5.41, 5.74) is 0.223. The van der Waals surface area contributed by atoms with Crippen LogP contribution in [0, 0.1) is 24.1 Å². The molecule has 0 aliphatic carbocycles. The zero-order valence-electron chi connectivity index (χ0n) is 11.1. The average molecular weight is 310 g/mol. The Labute approximate surface area is 126 Å². The highest BCUT2D eigenvalue weighted by Gasteiger charge is 2.23. The monoisotopic (exact) mass is 309 g/mol. The lowest BCUT2D eigenvalue weighted by Gasteiger charge is -2.23. The van der Waals surface area contributed by atoms with E-state index in [1.165, 1.54) is 12.1 Å². The molecule has 0 spiro atoms. The maximum atomic E-state index is 13.9. The standard InChI is InChI=1S/C14H13ClFN3S/c1-9-18-7-10(20-9)8-19(2)13(6-17)14-11(15)4-3-5-12(14)16/h3-5,7,13H,8H2,1-2H3/t13-/m0/s1. The number of halogens is 2. The van der Waals surface area contributed by atoms with Crippen LogP contribution in [-0.2, 0) is 6.54 Å². The summed E-state index contributed by atoms with van der Waals surface area (Å²) in [7, 11) is 1.77. The number of hydrogen-bond donors (Lipinski definition) is 0. The number of thiazole rings is 1. The summed E-state index contributed by atoms with van der Waals surface area (Å²) in [6.07, 6.45) is 1.77. The van der Waals surface area contributed by atoms with Crippen molar-refractivity contribution in [2.75, 3.05) is 7.05 Å². The fourth-order valence-corrected chi connectivity index (χ4v) is 3.10. The third-order valence-electron chi connectivity index (χ3n) is 2.91. The van der Waals surface area contributed by atoms with Gasteiger partial charge in [-0.15, -0.1) is 11.3 Å². The molecule has 0 fully saturated rings. The summed E-state index contributed by atoms with van der Waals surface area (Å²) >= 11 is 7.59. The van der Waals surface area contributed by atoms with Crippen LogP contribution in [0.1, 0.15) is 21.5 Å². The quantitative estimate of drug-likeness (QED) is 0.859. The van der Waals surface area contributed by atoms with Gasteiger partial charge in [0.2, 0.25) is 0 Å². The van der Waals surface area contributed by atoms with Crippen molar-refractivity contribution in [1.29, 1.82) is 5.26 Å². The maximum absolute atomic E-state index is 13.9. The first-order chi connectivity index (χ1) is 9.52. The van der Waals surface area contributed by atoms with E-state index in [2.05, 4.69) is 11.1 Å². The van der Waals surface area contributed by atoms with Gasteiger partial charge in [-0.2, -0.15) is 5.26 Å². The van der Waals surface area contributed by atoms with Gasteiger partial charge in [0.05, 0.1) is 11.1 Å². The van der Waals surface area contributed by atoms with Crippen LogP contribution >= 0.6 is 22.9 Å². The molecule has 0 amide bonds. The molecule has 2 aromatic rings. The maximum Gasteiger partial charge on any atom is 0.130 e. The van der Waals surface area contributed by atoms with E-state index in [9.17, 15) is 9.65 Å². The highest BCUT2D eigenvalue weighted by molar-refractivity contribution is 7.11. The van der Waals surface area contributed by atoms with Gasteiger partial charge in [-0.25, -0.2) is 9.37 Å². The van der Waals surface area contributed by atoms with E-state index in [0.29, 0.717) is 6.54 Å². The van der Waals surface area contributed by atoms with Crippen LogP contribution in [0.3, 0.4) is 0 Å². The Kier molecular flexibility index (Phi) is 4.71. The zero-order valence-corrected chi connectivity index (χ0v) is 12.7. The molecule has 0 bridgehead atoms. The van der Waals surface area contributed by atoms with E-state index in [1.54, 1.807) is 35.5 Å². The smallest absolute Gasteiger partial charge is 0.130 e.